The molecule has 0 saturated heterocycles. The van der Waals surface area contributed by atoms with Gasteiger partial charge in [-0.1, -0.05) is 0 Å². The molecule has 19 heavy (non-hydrogen) atoms. The Morgan fingerprint density at radius 1 is 1.37 bits per heavy atom. The highest BCUT2D eigenvalue weighted by Gasteiger charge is 2.14. The topological polar surface area (TPSA) is 68.3 Å². The third kappa shape index (κ3) is 3.12. The summed E-state index contributed by atoms with van der Waals surface area (Å²) < 4.78 is 31.5. The van der Waals surface area contributed by atoms with Crippen LogP contribution in [0.1, 0.15) is 16.1 Å². The molecular formula is C12H10F2N2O2S. The van der Waals surface area contributed by atoms with Crippen LogP contribution in [0.4, 0.5) is 8.78 Å². The van der Waals surface area contributed by atoms with Gasteiger partial charge in [0.05, 0.1) is 17.6 Å². The Hall–Kier alpha value is -1.86. The Morgan fingerprint density at radius 2 is 2.16 bits per heavy atom. The molecule has 0 bridgehead atoms. The van der Waals surface area contributed by atoms with E-state index in [1.165, 1.54) is 12.3 Å². The van der Waals surface area contributed by atoms with Gasteiger partial charge in [-0.25, -0.2) is 14.6 Å². The van der Waals surface area contributed by atoms with Crippen molar-refractivity contribution in [3.63, 3.8) is 0 Å². The van der Waals surface area contributed by atoms with Crippen molar-refractivity contribution < 1.29 is 18.0 Å². The predicted molar refractivity (Wildman–Crippen MR) is 66.3 cm³/mol. The lowest BCUT2D eigenvalue weighted by Crippen LogP contribution is -2.30. The highest BCUT2D eigenvalue weighted by Crippen LogP contribution is 2.27. The van der Waals surface area contributed by atoms with Crippen LogP contribution < -0.4 is 11.3 Å². The molecule has 0 fully saturated rings. The minimum Gasteiger partial charge on any atom is -0.468 e. The molecule has 1 aromatic carbocycles. The van der Waals surface area contributed by atoms with Gasteiger partial charge in [0.2, 0.25) is 0 Å². The van der Waals surface area contributed by atoms with Crippen molar-refractivity contribution in [1.29, 1.82) is 0 Å². The van der Waals surface area contributed by atoms with E-state index in [2.05, 4.69) is 0 Å². The van der Waals surface area contributed by atoms with Crippen LogP contribution in [0.25, 0.3) is 0 Å². The lowest BCUT2D eigenvalue weighted by atomic mass is 10.2. The first-order valence-electron chi connectivity index (χ1n) is 5.27. The number of carbonyl (C=O) groups excluding carboxylic acids is 1. The molecule has 0 spiro atoms. The van der Waals surface area contributed by atoms with Crippen molar-refractivity contribution in [1.82, 2.24) is 5.43 Å². The first kappa shape index (κ1) is 13.6. The number of carbonyl (C=O) groups is 1. The van der Waals surface area contributed by atoms with Crippen LogP contribution in [0, 0.1) is 11.6 Å². The molecule has 7 heteroatoms. The second-order valence-corrected chi connectivity index (χ2v) is 4.61. The van der Waals surface area contributed by atoms with E-state index in [9.17, 15) is 13.6 Å². The highest BCUT2D eigenvalue weighted by atomic mass is 32.2. The molecule has 1 heterocycles. The molecule has 0 aliphatic carbocycles. The quantitative estimate of drug-likeness (QED) is 0.392. The zero-order valence-corrected chi connectivity index (χ0v) is 10.5. The molecule has 0 atom stereocenters. The average molecular weight is 284 g/mol. The van der Waals surface area contributed by atoms with Crippen LogP contribution in [0.3, 0.4) is 0 Å². The van der Waals surface area contributed by atoms with Gasteiger partial charge >= 0.3 is 0 Å². The minimum absolute atomic E-state index is 0.149. The van der Waals surface area contributed by atoms with Gasteiger partial charge in [-0.05, 0) is 24.3 Å². The lowest BCUT2D eigenvalue weighted by Gasteiger charge is -2.03. The van der Waals surface area contributed by atoms with E-state index in [1.807, 2.05) is 5.43 Å². The van der Waals surface area contributed by atoms with Crippen molar-refractivity contribution in [2.24, 2.45) is 5.84 Å². The fraction of sp³-hybridized carbons (Fsp3) is 0.0833. The molecule has 4 nitrogen and oxygen atoms in total. The third-order valence-corrected chi connectivity index (χ3v) is 3.40. The Labute approximate surface area is 111 Å². The third-order valence-electron chi connectivity index (χ3n) is 2.37. The number of halogens is 2. The van der Waals surface area contributed by atoms with E-state index >= 15 is 0 Å². The van der Waals surface area contributed by atoms with Crippen LogP contribution in [0.2, 0.25) is 0 Å². The van der Waals surface area contributed by atoms with Crippen molar-refractivity contribution in [3.8, 4) is 0 Å². The number of hydrogen-bond acceptors (Lipinski definition) is 4. The van der Waals surface area contributed by atoms with E-state index in [4.69, 9.17) is 10.3 Å². The fourth-order valence-electron chi connectivity index (χ4n) is 1.46. The van der Waals surface area contributed by atoms with Crippen molar-refractivity contribution in [2.75, 3.05) is 0 Å². The lowest BCUT2D eigenvalue weighted by molar-refractivity contribution is 0.0952. The summed E-state index contributed by atoms with van der Waals surface area (Å²) in [7, 11) is 0. The number of nitrogens with one attached hydrogen (secondary N) is 1. The number of hydrazine groups is 1. The Bertz CT molecular complexity index is 601. The van der Waals surface area contributed by atoms with Crippen molar-refractivity contribution in [3.05, 3.63) is 53.5 Å². The maximum atomic E-state index is 13.4. The molecule has 0 aliphatic rings. The highest BCUT2D eigenvalue weighted by molar-refractivity contribution is 7.98. The van der Waals surface area contributed by atoms with Gasteiger partial charge in [0, 0.05) is 4.90 Å². The molecule has 100 valence electrons. The van der Waals surface area contributed by atoms with Gasteiger partial charge in [-0.3, -0.25) is 10.2 Å². The van der Waals surface area contributed by atoms with E-state index in [0.717, 1.165) is 30.0 Å². The molecule has 3 N–H and O–H groups in total. The number of furan rings is 1. The Kier molecular flexibility index (Phi) is 4.18. The SMILES string of the molecule is NNC(=O)c1ccoc1CSc1cc(F)ccc1F. The summed E-state index contributed by atoms with van der Waals surface area (Å²) in [6.45, 7) is 0. The van der Waals surface area contributed by atoms with Crippen LogP contribution in [0.15, 0.2) is 39.8 Å². The average Bonchev–Trinajstić information content (AvgIpc) is 2.87. The number of nitrogen functional groups attached to an aromatic ring is 1. The van der Waals surface area contributed by atoms with Gasteiger partial charge in [-0.15, -0.1) is 11.8 Å². The van der Waals surface area contributed by atoms with Crippen molar-refractivity contribution >= 4 is 17.7 Å². The summed E-state index contributed by atoms with van der Waals surface area (Å²) in [5.74, 6) is 4.01. The van der Waals surface area contributed by atoms with Gasteiger partial charge < -0.3 is 4.42 Å². The number of thioether (sulfide) groups is 1. The van der Waals surface area contributed by atoms with E-state index in [1.54, 1.807) is 0 Å². The summed E-state index contributed by atoms with van der Waals surface area (Å²) in [6.07, 6.45) is 1.34. The van der Waals surface area contributed by atoms with Crippen LogP contribution in [0.5, 0.6) is 0 Å². The first-order valence-corrected chi connectivity index (χ1v) is 6.25. The molecule has 0 unspecified atom stereocenters. The monoisotopic (exact) mass is 284 g/mol. The Morgan fingerprint density at radius 3 is 2.89 bits per heavy atom. The van der Waals surface area contributed by atoms with Gasteiger partial charge in [-0.2, -0.15) is 0 Å². The summed E-state index contributed by atoms with van der Waals surface area (Å²) >= 11 is 1.03. The summed E-state index contributed by atoms with van der Waals surface area (Å²) in [4.78, 5) is 11.5. The fourth-order valence-corrected chi connectivity index (χ4v) is 2.38. The standard InChI is InChI=1S/C12H10F2N2O2S/c13-7-1-2-9(14)11(5-7)19-6-10-8(3-4-18-10)12(17)16-15/h1-5H,6,15H2,(H,16,17). The zero-order valence-electron chi connectivity index (χ0n) is 9.65. The molecule has 2 rings (SSSR count). The van der Waals surface area contributed by atoms with E-state index in [-0.39, 0.29) is 16.2 Å². The number of rotatable bonds is 4. The second-order valence-electron chi connectivity index (χ2n) is 3.59. The predicted octanol–water partition coefficient (Wildman–Crippen LogP) is 2.45. The Balaban J connectivity index is 2.13. The normalized spacial score (nSPS) is 10.5. The minimum atomic E-state index is -0.525. The van der Waals surface area contributed by atoms with Gasteiger partial charge in [0.15, 0.2) is 0 Å². The number of amides is 1. The molecule has 0 aliphatic heterocycles. The van der Waals surface area contributed by atoms with Crippen LogP contribution in [-0.4, -0.2) is 5.91 Å². The number of nitrogens with two attached hydrogens (primary N) is 1. The molecule has 0 radical (unpaired) electrons. The largest absolute Gasteiger partial charge is 0.468 e. The molecule has 1 aromatic heterocycles. The maximum Gasteiger partial charge on any atom is 0.268 e. The zero-order chi connectivity index (χ0) is 13.8. The molecule has 0 saturated carbocycles. The summed E-state index contributed by atoms with van der Waals surface area (Å²) in [5, 5.41) is 0. The number of benzene rings is 1. The van der Waals surface area contributed by atoms with Crippen molar-refractivity contribution in [2.45, 2.75) is 10.6 Å². The summed E-state index contributed by atoms with van der Waals surface area (Å²) in [6, 6.07) is 4.64. The molecular weight excluding hydrogens is 274 g/mol. The smallest absolute Gasteiger partial charge is 0.268 e. The molecule has 2 aromatic rings. The maximum absolute atomic E-state index is 13.4. The molecule has 1 amide bonds. The van der Waals surface area contributed by atoms with Crippen LogP contribution >= 0.6 is 11.8 Å². The summed E-state index contributed by atoms with van der Waals surface area (Å²) in [5.41, 5.74) is 2.25. The van der Waals surface area contributed by atoms with Gasteiger partial charge in [0.25, 0.3) is 5.91 Å². The van der Waals surface area contributed by atoms with E-state index in [0.29, 0.717) is 5.76 Å². The first-order chi connectivity index (χ1) is 9.11. The second kappa shape index (κ2) is 5.85. The van der Waals surface area contributed by atoms with Gasteiger partial charge in [0.1, 0.15) is 17.4 Å². The van der Waals surface area contributed by atoms with Crippen LogP contribution in [-0.2, 0) is 5.75 Å². The number of hydrogen-bond donors (Lipinski definition) is 2. The van der Waals surface area contributed by atoms with E-state index < -0.39 is 17.5 Å².